The van der Waals surface area contributed by atoms with Crippen LogP contribution in [0, 0.1) is 6.92 Å². The number of unbranched alkanes of at least 4 members (excludes halogenated alkanes) is 2. The minimum Gasteiger partial charge on any atom is -0.368 e. The summed E-state index contributed by atoms with van der Waals surface area (Å²) in [6, 6.07) is 0. The van der Waals surface area contributed by atoms with Gasteiger partial charge in [-0.25, -0.2) is 9.97 Å². The van der Waals surface area contributed by atoms with E-state index in [9.17, 15) is 0 Å². The minimum atomic E-state index is 0.651. The van der Waals surface area contributed by atoms with Gasteiger partial charge in [-0.15, -0.1) is 0 Å². The molecular formula is C11H18N6. The summed E-state index contributed by atoms with van der Waals surface area (Å²) in [7, 11) is 0. The van der Waals surface area contributed by atoms with Gasteiger partial charge < -0.3 is 10.3 Å². The van der Waals surface area contributed by atoms with Crippen LogP contribution in [0.25, 0.3) is 11.5 Å². The van der Waals surface area contributed by atoms with Gasteiger partial charge in [0.15, 0.2) is 5.82 Å². The number of anilines is 1. The zero-order valence-corrected chi connectivity index (χ0v) is 10.2. The maximum Gasteiger partial charge on any atom is 0.201 e. The fraction of sp³-hybridized carbons (Fsp3) is 0.545. The lowest BCUT2D eigenvalue weighted by molar-refractivity contribution is 0.743. The van der Waals surface area contributed by atoms with Gasteiger partial charge in [0, 0.05) is 6.54 Å². The summed E-state index contributed by atoms with van der Waals surface area (Å²) in [5.74, 6) is 2.27. The number of aromatic nitrogens is 5. The van der Waals surface area contributed by atoms with Crippen LogP contribution in [0.1, 0.15) is 32.0 Å². The minimum absolute atomic E-state index is 0.651. The molecule has 92 valence electrons. The topological polar surface area (TPSA) is 82.3 Å². The van der Waals surface area contributed by atoms with Crippen LogP contribution in [0.4, 0.5) is 5.82 Å². The van der Waals surface area contributed by atoms with Gasteiger partial charge >= 0.3 is 0 Å². The van der Waals surface area contributed by atoms with Crippen LogP contribution in [0.2, 0.25) is 0 Å². The van der Waals surface area contributed by atoms with Gasteiger partial charge in [-0.2, -0.15) is 5.10 Å². The second-order valence-electron chi connectivity index (χ2n) is 4.00. The van der Waals surface area contributed by atoms with Crippen LogP contribution < -0.4 is 5.32 Å². The van der Waals surface area contributed by atoms with Crippen molar-refractivity contribution in [3.8, 4) is 11.5 Å². The van der Waals surface area contributed by atoms with E-state index in [0.717, 1.165) is 30.3 Å². The van der Waals surface area contributed by atoms with E-state index >= 15 is 0 Å². The van der Waals surface area contributed by atoms with E-state index in [0.29, 0.717) is 5.82 Å². The average Bonchev–Trinajstić information content (AvgIpc) is 2.93. The van der Waals surface area contributed by atoms with Crippen LogP contribution in [0.15, 0.2) is 6.33 Å². The molecule has 0 aromatic carbocycles. The van der Waals surface area contributed by atoms with Crippen molar-refractivity contribution in [1.82, 2.24) is 25.1 Å². The molecule has 6 heteroatoms. The zero-order chi connectivity index (χ0) is 12.1. The maximum atomic E-state index is 4.28. The van der Waals surface area contributed by atoms with Crippen molar-refractivity contribution in [2.75, 3.05) is 11.9 Å². The molecule has 0 aliphatic rings. The first kappa shape index (κ1) is 11.6. The monoisotopic (exact) mass is 234 g/mol. The number of rotatable bonds is 6. The van der Waals surface area contributed by atoms with Gasteiger partial charge in [0.05, 0.1) is 6.33 Å². The number of H-pyrrole nitrogens is 2. The van der Waals surface area contributed by atoms with Crippen molar-refractivity contribution in [3.05, 3.63) is 12.2 Å². The van der Waals surface area contributed by atoms with E-state index in [4.69, 9.17) is 0 Å². The van der Waals surface area contributed by atoms with Crippen molar-refractivity contribution in [3.63, 3.8) is 0 Å². The van der Waals surface area contributed by atoms with Gasteiger partial charge in [0.25, 0.3) is 0 Å². The second kappa shape index (κ2) is 5.47. The largest absolute Gasteiger partial charge is 0.368 e. The number of hydrogen-bond acceptors (Lipinski definition) is 4. The molecule has 0 amide bonds. The third-order valence-electron chi connectivity index (χ3n) is 2.53. The Hall–Kier alpha value is -1.85. The number of nitrogens with zero attached hydrogens (tertiary/aromatic N) is 3. The molecule has 0 saturated heterocycles. The molecule has 0 unspecified atom stereocenters. The molecule has 0 bridgehead atoms. The summed E-state index contributed by atoms with van der Waals surface area (Å²) in [6.45, 7) is 4.99. The summed E-state index contributed by atoms with van der Waals surface area (Å²) < 4.78 is 0. The van der Waals surface area contributed by atoms with Crippen molar-refractivity contribution >= 4 is 5.82 Å². The van der Waals surface area contributed by atoms with Gasteiger partial charge in [-0.3, -0.25) is 5.10 Å². The first-order valence-electron chi connectivity index (χ1n) is 5.98. The molecule has 0 radical (unpaired) electrons. The maximum absolute atomic E-state index is 4.28. The predicted octanol–water partition coefficient (Wildman–Crippen LogP) is 2.11. The molecule has 0 atom stereocenters. The van der Waals surface area contributed by atoms with E-state index < -0.39 is 0 Å². The van der Waals surface area contributed by atoms with Crippen LogP contribution in [0.3, 0.4) is 0 Å². The van der Waals surface area contributed by atoms with Crippen molar-refractivity contribution in [2.45, 2.75) is 33.1 Å². The number of hydrogen-bond donors (Lipinski definition) is 3. The summed E-state index contributed by atoms with van der Waals surface area (Å²) in [4.78, 5) is 11.6. The lowest BCUT2D eigenvalue weighted by Gasteiger charge is -2.03. The molecular weight excluding hydrogens is 216 g/mol. The van der Waals surface area contributed by atoms with E-state index in [-0.39, 0.29) is 0 Å². The lowest BCUT2D eigenvalue weighted by Crippen LogP contribution is -2.03. The standard InChI is InChI=1S/C11H18N6/c1-3-4-5-6-12-10-9(13-7-14-10)11-15-8(2)16-17-11/h7,12H,3-6H2,1-2H3,(H,13,14)(H,15,16,17). The molecule has 6 nitrogen and oxygen atoms in total. The predicted molar refractivity (Wildman–Crippen MR) is 66.7 cm³/mol. The van der Waals surface area contributed by atoms with Crippen molar-refractivity contribution in [1.29, 1.82) is 0 Å². The number of imidazole rings is 1. The average molecular weight is 234 g/mol. The zero-order valence-electron chi connectivity index (χ0n) is 10.2. The first-order chi connectivity index (χ1) is 8.31. The molecule has 2 aromatic rings. The summed E-state index contributed by atoms with van der Waals surface area (Å²) in [5.41, 5.74) is 0.839. The molecule has 2 heterocycles. The summed E-state index contributed by atoms with van der Waals surface area (Å²) in [5, 5.41) is 10.2. The highest BCUT2D eigenvalue weighted by Gasteiger charge is 2.11. The molecule has 0 spiro atoms. The highest BCUT2D eigenvalue weighted by molar-refractivity contribution is 5.65. The van der Waals surface area contributed by atoms with Crippen LogP contribution in [0.5, 0.6) is 0 Å². The number of nitrogens with one attached hydrogen (secondary N) is 3. The number of aromatic amines is 2. The molecule has 0 aliphatic heterocycles. The first-order valence-corrected chi connectivity index (χ1v) is 5.98. The van der Waals surface area contributed by atoms with Crippen LogP contribution in [-0.2, 0) is 0 Å². The second-order valence-corrected chi connectivity index (χ2v) is 4.00. The van der Waals surface area contributed by atoms with Crippen molar-refractivity contribution in [2.24, 2.45) is 0 Å². The Bertz CT molecular complexity index is 458. The Morgan fingerprint density at radius 1 is 1.35 bits per heavy atom. The molecule has 2 aromatic heterocycles. The molecule has 0 saturated carbocycles. The van der Waals surface area contributed by atoms with E-state index in [2.05, 4.69) is 37.4 Å². The fourth-order valence-corrected chi connectivity index (χ4v) is 1.64. The molecule has 0 aliphatic carbocycles. The van der Waals surface area contributed by atoms with Gasteiger partial charge in [0.1, 0.15) is 11.5 Å². The molecule has 3 N–H and O–H groups in total. The Morgan fingerprint density at radius 2 is 2.24 bits per heavy atom. The Balaban J connectivity index is 2.02. The Labute approximate surface area is 100 Å². The smallest absolute Gasteiger partial charge is 0.201 e. The lowest BCUT2D eigenvalue weighted by atomic mass is 10.2. The quantitative estimate of drug-likeness (QED) is 0.668. The highest BCUT2D eigenvalue weighted by Crippen LogP contribution is 2.20. The number of aryl methyl sites for hydroxylation is 1. The van der Waals surface area contributed by atoms with Gasteiger partial charge in [-0.1, -0.05) is 19.8 Å². The third-order valence-corrected chi connectivity index (χ3v) is 2.53. The van der Waals surface area contributed by atoms with E-state index in [1.807, 2.05) is 6.92 Å². The Kier molecular flexibility index (Phi) is 3.74. The summed E-state index contributed by atoms with van der Waals surface area (Å²) >= 11 is 0. The molecule has 0 fully saturated rings. The van der Waals surface area contributed by atoms with E-state index in [1.54, 1.807) is 6.33 Å². The molecule has 2 rings (SSSR count). The SMILES string of the molecule is CCCCCNc1nc[nH]c1-c1n[nH]c(C)n1. The van der Waals surface area contributed by atoms with Gasteiger partial charge in [0.2, 0.25) is 5.82 Å². The summed E-state index contributed by atoms with van der Waals surface area (Å²) in [6.07, 6.45) is 5.25. The molecule has 17 heavy (non-hydrogen) atoms. The van der Waals surface area contributed by atoms with Crippen LogP contribution in [-0.4, -0.2) is 31.7 Å². The van der Waals surface area contributed by atoms with Crippen molar-refractivity contribution < 1.29 is 0 Å². The normalized spacial score (nSPS) is 10.7. The highest BCUT2D eigenvalue weighted by atomic mass is 15.2. The van der Waals surface area contributed by atoms with Gasteiger partial charge in [-0.05, 0) is 13.3 Å². The fourth-order valence-electron chi connectivity index (χ4n) is 1.64. The van der Waals surface area contributed by atoms with E-state index in [1.165, 1.54) is 12.8 Å². The third kappa shape index (κ3) is 2.83. The van der Waals surface area contributed by atoms with Crippen LogP contribution >= 0.6 is 0 Å². The Morgan fingerprint density at radius 3 is 2.94 bits per heavy atom.